The van der Waals surface area contributed by atoms with Crippen molar-refractivity contribution in [2.75, 3.05) is 19.8 Å². The van der Waals surface area contributed by atoms with E-state index in [1.165, 1.54) is 9.13 Å². The molecule has 0 spiro atoms. The Bertz CT molecular complexity index is 343. The first-order valence-electron chi connectivity index (χ1n) is 6.32. The second-order valence-corrected chi connectivity index (χ2v) is 7.50. The second kappa shape index (κ2) is 8.26. The summed E-state index contributed by atoms with van der Waals surface area (Å²) in [6.45, 7) is 7.81. The minimum atomic E-state index is -2.57. The highest BCUT2D eigenvalue weighted by Crippen LogP contribution is 2.21. The maximum absolute atomic E-state index is 5.86. The van der Waals surface area contributed by atoms with Crippen molar-refractivity contribution in [1.82, 2.24) is 0 Å². The predicted octanol–water partition coefficient (Wildman–Crippen LogP) is 3.42. The fourth-order valence-electron chi connectivity index (χ4n) is 1.81. The van der Waals surface area contributed by atoms with Crippen LogP contribution in [-0.4, -0.2) is 28.6 Å². The average molecular weight is 380 g/mol. The van der Waals surface area contributed by atoms with Crippen LogP contribution in [-0.2, 0) is 19.3 Å². The molecular weight excluding hydrogens is 359 g/mol. The molecule has 0 radical (unpaired) electrons. The van der Waals surface area contributed by atoms with Crippen LogP contribution in [0.5, 0.6) is 0 Å². The summed E-state index contributed by atoms with van der Waals surface area (Å²) in [5.41, 5.74) is 1.24. The van der Waals surface area contributed by atoms with Crippen LogP contribution in [0.25, 0.3) is 0 Å². The molecule has 0 saturated carbocycles. The highest BCUT2D eigenvalue weighted by molar-refractivity contribution is 14.1. The van der Waals surface area contributed by atoms with E-state index >= 15 is 0 Å². The van der Waals surface area contributed by atoms with Gasteiger partial charge in [-0.2, -0.15) is 0 Å². The molecule has 0 aliphatic carbocycles. The van der Waals surface area contributed by atoms with E-state index in [1.807, 2.05) is 32.9 Å². The smallest absolute Gasteiger partial charge is 0.374 e. The third-order valence-corrected chi connectivity index (χ3v) is 6.51. The number of rotatable bonds is 8. The molecule has 5 heteroatoms. The third kappa shape index (κ3) is 4.62. The van der Waals surface area contributed by atoms with Crippen molar-refractivity contribution in [1.29, 1.82) is 0 Å². The van der Waals surface area contributed by atoms with Gasteiger partial charge in [-0.3, -0.25) is 0 Å². The summed E-state index contributed by atoms with van der Waals surface area (Å²) in [5, 5.41) is 0. The molecule has 0 aromatic heterocycles. The molecule has 1 aromatic rings. The highest BCUT2D eigenvalue weighted by atomic mass is 127. The molecule has 3 nitrogen and oxygen atoms in total. The van der Waals surface area contributed by atoms with Crippen molar-refractivity contribution in [2.45, 2.75) is 26.8 Å². The van der Waals surface area contributed by atoms with E-state index < -0.39 is 8.80 Å². The van der Waals surface area contributed by atoms with Crippen molar-refractivity contribution >= 4 is 31.4 Å². The molecule has 18 heavy (non-hydrogen) atoms. The zero-order valence-electron chi connectivity index (χ0n) is 11.2. The third-order valence-electron chi connectivity index (χ3n) is 2.46. The first kappa shape index (κ1) is 16.1. The SMILES string of the molecule is CCO[Si](Cc1ccccc1I)(OCC)OCC. The van der Waals surface area contributed by atoms with E-state index in [2.05, 4.69) is 34.7 Å². The van der Waals surface area contributed by atoms with Gasteiger partial charge in [0.2, 0.25) is 0 Å². The van der Waals surface area contributed by atoms with Gasteiger partial charge in [0.25, 0.3) is 0 Å². The van der Waals surface area contributed by atoms with Gasteiger partial charge in [0.05, 0.1) is 0 Å². The van der Waals surface area contributed by atoms with E-state index in [1.54, 1.807) is 0 Å². The molecule has 1 aromatic carbocycles. The first-order chi connectivity index (χ1) is 8.67. The van der Waals surface area contributed by atoms with Crippen LogP contribution in [0.3, 0.4) is 0 Å². The summed E-state index contributed by atoms with van der Waals surface area (Å²) in [6, 6.07) is 9.03. The molecule has 0 aliphatic heterocycles. The molecular formula is C13H21IO3Si. The lowest BCUT2D eigenvalue weighted by atomic mass is 10.2. The molecule has 1 rings (SSSR count). The van der Waals surface area contributed by atoms with Crippen molar-refractivity contribution in [3.8, 4) is 0 Å². The quantitative estimate of drug-likeness (QED) is 0.511. The van der Waals surface area contributed by atoms with Crippen molar-refractivity contribution < 1.29 is 13.3 Å². The molecule has 0 amide bonds. The Balaban J connectivity index is 2.91. The van der Waals surface area contributed by atoms with Gasteiger partial charge in [-0.05, 0) is 55.0 Å². The Hall–Kier alpha value is 0.0469. The van der Waals surface area contributed by atoms with Gasteiger partial charge in [-0.1, -0.05) is 18.2 Å². The van der Waals surface area contributed by atoms with E-state index in [4.69, 9.17) is 13.3 Å². The summed E-state index contributed by atoms with van der Waals surface area (Å²) in [5.74, 6) is 0. The molecule has 0 N–H and O–H groups in total. The summed E-state index contributed by atoms with van der Waals surface area (Å²) in [7, 11) is -2.57. The summed E-state index contributed by atoms with van der Waals surface area (Å²) in [4.78, 5) is 0. The minimum absolute atomic E-state index is 0.621. The normalized spacial score (nSPS) is 11.8. The Labute approximate surface area is 124 Å². The van der Waals surface area contributed by atoms with Crippen LogP contribution in [0.4, 0.5) is 0 Å². The number of hydrogen-bond acceptors (Lipinski definition) is 3. The van der Waals surface area contributed by atoms with Gasteiger partial charge in [0, 0.05) is 29.4 Å². The van der Waals surface area contributed by atoms with Gasteiger partial charge < -0.3 is 13.3 Å². The van der Waals surface area contributed by atoms with E-state index in [0.717, 1.165) is 6.04 Å². The Morgan fingerprint density at radius 3 is 1.89 bits per heavy atom. The fraction of sp³-hybridized carbons (Fsp3) is 0.538. The van der Waals surface area contributed by atoms with Crippen molar-refractivity contribution in [3.63, 3.8) is 0 Å². The van der Waals surface area contributed by atoms with Crippen LogP contribution in [0, 0.1) is 3.57 Å². The summed E-state index contributed by atoms with van der Waals surface area (Å²) in [6.07, 6.45) is 0. The maximum Gasteiger partial charge on any atom is 0.505 e. The molecule has 0 saturated heterocycles. The first-order valence-corrected chi connectivity index (χ1v) is 9.33. The molecule has 0 fully saturated rings. The lowest BCUT2D eigenvalue weighted by Crippen LogP contribution is -2.48. The molecule has 0 unspecified atom stereocenters. The number of benzene rings is 1. The van der Waals surface area contributed by atoms with Gasteiger partial charge >= 0.3 is 8.80 Å². The maximum atomic E-state index is 5.86. The van der Waals surface area contributed by atoms with Crippen LogP contribution in [0.15, 0.2) is 24.3 Å². The van der Waals surface area contributed by atoms with E-state index in [0.29, 0.717) is 19.8 Å². The van der Waals surface area contributed by atoms with Crippen molar-refractivity contribution in [3.05, 3.63) is 33.4 Å². The van der Waals surface area contributed by atoms with Crippen LogP contribution in [0.1, 0.15) is 26.3 Å². The zero-order valence-corrected chi connectivity index (χ0v) is 14.4. The minimum Gasteiger partial charge on any atom is -0.374 e. The van der Waals surface area contributed by atoms with E-state index in [-0.39, 0.29) is 0 Å². The molecule has 0 aliphatic rings. The molecule has 0 bridgehead atoms. The lowest BCUT2D eigenvalue weighted by molar-refractivity contribution is 0.0703. The Kier molecular flexibility index (Phi) is 7.39. The molecule has 0 atom stereocenters. The van der Waals surface area contributed by atoms with Crippen LogP contribution < -0.4 is 0 Å². The van der Waals surface area contributed by atoms with Gasteiger partial charge in [-0.15, -0.1) is 0 Å². The lowest BCUT2D eigenvalue weighted by Gasteiger charge is -2.28. The van der Waals surface area contributed by atoms with Gasteiger partial charge in [0.1, 0.15) is 0 Å². The summed E-state index contributed by atoms with van der Waals surface area (Å²) < 4.78 is 18.8. The van der Waals surface area contributed by atoms with Crippen LogP contribution in [0.2, 0.25) is 0 Å². The van der Waals surface area contributed by atoms with Crippen LogP contribution >= 0.6 is 22.6 Å². The van der Waals surface area contributed by atoms with E-state index in [9.17, 15) is 0 Å². The predicted molar refractivity (Wildman–Crippen MR) is 83.5 cm³/mol. The standard InChI is InChI=1S/C13H21IO3Si/c1-4-15-18(16-5-2,17-6-3)11-12-9-7-8-10-13(12)14/h7-10H,4-6,11H2,1-3H3. The molecule has 102 valence electrons. The highest BCUT2D eigenvalue weighted by Gasteiger charge is 2.41. The average Bonchev–Trinajstić information content (AvgIpc) is 2.33. The zero-order chi connectivity index (χ0) is 13.4. The van der Waals surface area contributed by atoms with Gasteiger partial charge in [-0.25, -0.2) is 0 Å². The largest absolute Gasteiger partial charge is 0.505 e. The molecule has 0 heterocycles. The summed E-state index contributed by atoms with van der Waals surface area (Å²) >= 11 is 2.34. The van der Waals surface area contributed by atoms with Gasteiger partial charge in [0.15, 0.2) is 0 Å². The monoisotopic (exact) mass is 380 g/mol. The Morgan fingerprint density at radius 2 is 1.44 bits per heavy atom. The fourth-order valence-corrected chi connectivity index (χ4v) is 5.40. The Morgan fingerprint density at radius 1 is 0.944 bits per heavy atom. The topological polar surface area (TPSA) is 27.7 Å². The number of hydrogen-bond donors (Lipinski definition) is 0. The number of halogens is 1. The van der Waals surface area contributed by atoms with Crippen molar-refractivity contribution in [2.24, 2.45) is 0 Å². The second-order valence-electron chi connectivity index (χ2n) is 3.75.